The van der Waals surface area contributed by atoms with E-state index < -0.39 is 0 Å². The number of phenolic OH excluding ortho intramolecular Hbond substituents is 1. The molecule has 160 valence electrons. The van der Waals surface area contributed by atoms with Crippen LogP contribution in [0.15, 0.2) is 53.5 Å². The Morgan fingerprint density at radius 3 is 2.50 bits per heavy atom. The van der Waals surface area contributed by atoms with Crippen LogP contribution in [0.5, 0.6) is 5.75 Å². The number of aromatic nitrogens is 2. The van der Waals surface area contributed by atoms with E-state index in [0.29, 0.717) is 5.75 Å². The first kappa shape index (κ1) is 22.2. The number of benzene rings is 2. The predicted molar refractivity (Wildman–Crippen MR) is 133 cm³/mol. The van der Waals surface area contributed by atoms with Gasteiger partial charge in [-0.25, -0.2) is 4.98 Å². The van der Waals surface area contributed by atoms with Crippen LogP contribution in [0.2, 0.25) is 0 Å². The number of fused-ring (bicyclic) bond motifs is 1. The van der Waals surface area contributed by atoms with Crippen molar-refractivity contribution in [3.8, 4) is 5.75 Å². The van der Waals surface area contributed by atoms with E-state index in [1.54, 1.807) is 6.07 Å². The third-order valence-corrected chi connectivity index (χ3v) is 5.48. The maximum atomic E-state index is 10.1. The molecule has 0 spiro atoms. The fourth-order valence-electron chi connectivity index (χ4n) is 3.98. The minimum atomic E-state index is 0. The molecule has 1 fully saturated rings. The third-order valence-electron chi connectivity index (χ3n) is 5.48. The number of piperazine rings is 1. The van der Waals surface area contributed by atoms with E-state index in [0.717, 1.165) is 67.8 Å². The molecule has 0 bridgehead atoms. The number of imidazole rings is 1. The van der Waals surface area contributed by atoms with Gasteiger partial charge in [-0.05, 0) is 31.2 Å². The second-order valence-corrected chi connectivity index (χ2v) is 7.24. The molecule has 0 aliphatic carbocycles. The summed E-state index contributed by atoms with van der Waals surface area (Å²) in [4.78, 5) is 13.6. The van der Waals surface area contributed by atoms with Crippen LogP contribution in [0.3, 0.4) is 0 Å². The number of nitrogens with one attached hydrogen (secondary N) is 1. The fraction of sp³-hybridized carbons (Fsp3) is 0.364. The van der Waals surface area contributed by atoms with Gasteiger partial charge in [-0.3, -0.25) is 4.99 Å². The summed E-state index contributed by atoms with van der Waals surface area (Å²) in [7, 11) is 1.83. The van der Waals surface area contributed by atoms with Crippen LogP contribution in [-0.4, -0.2) is 65.3 Å². The second kappa shape index (κ2) is 10.0. The van der Waals surface area contributed by atoms with Crippen molar-refractivity contribution >= 4 is 46.7 Å². The van der Waals surface area contributed by atoms with Gasteiger partial charge in [0.2, 0.25) is 0 Å². The Bertz CT molecular complexity index is 1010. The van der Waals surface area contributed by atoms with Gasteiger partial charge in [-0.15, -0.1) is 24.0 Å². The Labute approximate surface area is 194 Å². The van der Waals surface area contributed by atoms with Crippen LogP contribution in [0.25, 0.3) is 11.0 Å². The summed E-state index contributed by atoms with van der Waals surface area (Å²) in [5, 5.41) is 13.6. The molecule has 1 aromatic heterocycles. The first-order chi connectivity index (χ1) is 14.2. The van der Waals surface area contributed by atoms with Gasteiger partial charge in [-0.1, -0.05) is 24.3 Å². The topological polar surface area (TPSA) is 68.9 Å². The van der Waals surface area contributed by atoms with Gasteiger partial charge in [0, 0.05) is 46.3 Å². The fourth-order valence-corrected chi connectivity index (χ4v) is 3.98. The number of aryl methyl sites for hydroxylation is 1. The molecule has 0 amide bonds. The molecule has 0 saturated carbocycles. The summed E-state index contributed by atoms with van der Waals surface area (Å²) in [6.07, 6.45) is 0. The molecule has 2 heterocycles. The van der Waals surface area contributed by atoms with Crippen molar-refractivity contribution in [2.75, 3.05) is 44.7 Å². The average molecular weight is 520 g/mol. The highest BCUT2D eigenvalue weighted by atomic mass is 127. The number of halogens is 1. The number of para-hydroxylation sites is 4. The molecule has 4 rings (SSSR count). The molecule has 1 aliphatic heterocycles. The molecule has 0 unspecified atom stereocenters. The van der Waals surface area contributed by atoms with Crippen LogP contribution in [0, 0.1) is 6.92 Å². The van der Waals surface area contributed by atoms with E-state index in [2.05, 4.69) is 47.9 Å². The van der Waals surface area contributed by atoms with Gasteiger partial charge in [0.1, 0.15) is 11.6 Å². The Morgan fingerprint density at radius 2 is 1.77 bits per heavy atom. The highest BCUT2D eigenvalue weighted by Crippen LogP contribution is 2.27. The van der Waals surface area contributed by atoms with E-state index in [4.69, 9.17) is 0 Å². The Kier molecular flexibility index (Phi) is 7.41. The molecule has 1 aliphatic rings. The standard InChI is InChI=1S/C22H28N6O.HI/c1-17-25-18-7-3-4-8-19(18)28(17)12-11-24-22(23-2)27-15-13-26(14-16-27)20-9-5-6-10-21(20)29;/h3-10,29H,11-16H2,1-2H3,(H,23,24);1H. The maximum absolute atomic E-state index is 10.1. The van der Waals surface area contributed by atoms with Gasteiger partial charge >= 0.3 is 0 Å². The molecule has 2 N–H and O–H groups in total. The highest BCUT2D eigenvalue weighted by molar-refractivity contribution is 14.0. The summed E-state index contributed by atoms with van der Waals surface area (Å²) in [5.41, 5.74) is 3.10. The SMILES string of the molecule is CN=C(NCCn1c(C)nc2ccccc21)N1CCN(c2ccccc2O)CC1.I. The molecule has 8 heteroatoms. The van der Waals surface area contributed by atoms with Crippen molar-refractivity contribution in [2.45, 2.75) is 13.5 Å². The van der Waals surface area contributed by atoms with Gasteiger partial charge in [-0.2, -0.15) is 0 Å². The zero-order chi connectivity index (χ0) is 20.2. The summed E-state index contributed by atoms with van der Waals surface area (Å²) < 4.78 is 2.24. The number of rotatable bonds is 4. The van der Waals surface area contributed by atoms with Crippen LogP contribution in [0.1, 0.15) is 5.82 Å². The molecule has 2 aromatic carbocycles. The smallest absolute Gasteiger partial charge is 0.193 e. The molecule has 1 saturated heterocycles. The lowest BCUT2D eigenvalue weighted by Crippen LogP contribution is -2.53. The minimum Gasteiger partial charge on any atom is -0.506 e. The number of phenols is 1. The third kappa shape index (κ3) is 4.63. The number of hydrogen-bond donors (Lipinski definition) is 2. The normalized spacial score (nSPS) is 14.7. The minimum absolute atomic E-state index is 0. The van der Waals surface area contributed by atoms with Crippen LogP contribution < -0.4 is 10.2 Å². The molecule has 0 radical (unpaired) electrons. The molecule has 0 atom stereocenters. The Hall–Kier alpha value is -2.49. The summed E-state index contributed by atoms with van der Waals surface area (Å²) >= 11 is 0. The van der Waals surface area contributed by atoms with E-state index in [9.17, 15) is 5.11 Å². The number of aromatic hydroxyl groups is 1. The lowest BCUT2D eigenvalue weighted by atomic mass is 10.2. The molecule has 7 nitrogen and oxygen atoms in total. The Morgan fingerprint density at radius 1 is 1.07 bits per heavy atom. The van der Waals surface area contributed by atoms with Gasteiger partial charge in [0.15, 0.2) is 5.96 Å². The highest BCUT2D eigenvalue weighted by Gasteiger charge is 2.21. The maximum Gasteiger partial charge on any atom is 0.193 e. The number of hydrogen-bond acceptors (Lipinski definition) is 4. The van der Waals surface area contributed by atoms with E-state index >= 15 is 0 Å². The van der Waals surface area contributed by atoms with Gasteiger partial charge in [0.25, 0.3) is 0 Å². The lowest BCUT2D eigenvalue weighted by molar-refractivity contribution is 0.369. The molecular weight excluding hydrogens is 491 g/mol. The zero-order valence-corrected chi connectivity index (χ0v) is 19.8. The zero-order valence-electron chi connectivity index (χ0n) is 17.5. The molecular formula is C22H29IN6O. The molecule has 30 heavy (non-hydrogen) atoms. The number of aliphatic imine (C=N–C) groups is 1. The van der Waals surface area contributed by atoms with Crippen molar-refractivity contribution in [1.29, 1.82) is 0 Å². The average Bonchev–Trinajstić information content (AvgIpc) is 3.07. The van der Waals surface area contributed by atoms with Gasteiger partial charge in [0.05, 0.1) is 16.7 Å². The van der Waals surface area contributed by atoms with Crippen molar-refractivity contribution in [2.24, 2.45) is 4.99 Å². The van der Waals surface area contributed by atoms with Crippen molar-refractivity contribution in [3.63, 3.8) is 0 Å². The Balaban J connectivity index is 0.00000256. The number of guanidine groups is 1. The monoisotopic (exact) mass is 520 g/mol. The second-order valence-electron chi connectivity index (χ2n) is 7.24. The number of nitrogens with zero attached hydrogens (tertiary/aromatic N) is 5. The van der Waals surface area contributed by atoms with Crippen molar-refractivity contribution in [3.05, 3.63) is 54.4 Å². The van der Waals surface area contributed by atoms with Crippen LogP contribution >= 0.6 is 24.0 Å². The van der Waals surface area contributed by atoms with Gasteiger partial charge < -0.3 is 24.8 Å². The molecule has 3 aromatic rings. The largest absolute Gasteiger partial charge is 0.506 e. The lowest BCUT2D eigenvalue weighted by Gasteiger charge is -2.37. The predicted octanol–water partition coefficient (Wildman–Crippen LogP) is 3.07. The van der Waals surface area contributed by atoms with Crippen LogP contribution in [0.4, 0.5) is 5.69 Å². The summed E-state index contributed by atoms with van der Waals surface area (Å²) in [6.45, 7) is 7.10. The summed E-state index contributed by atoms with van der Waals surface area (Å²) in [6, 6.07) is 15.8. The van der Waals surface area contributed by atoms with Crippen molar-refractivity contribution < 1.29 is 5.11 Å². The van der Waals surface area contributed by atoms with Crippen LogP contribution in [-0.2, 0) is 6.54 Å². The summed E-state index contributed by atoms with van der Waals surface area (Å²) in [5.74, 6) is 2.29. The first-order valence-corrected chi connectivity index (χ1v) is 10.1. The number of anilines is 1. The first-order valence-electron chi connectivity index (χ1n) is 10.1. The van der Waals surface area contributed by atoms with Crippen molar-refractivity contribution in [1.82, 2.24) is 19.8 Å². The van der Waals surface area contributed by atoms with E-state index in [1.807, 2.05) is 38.2 Å². The van der Waals surface area contributed by atoms with E-state index in [-0.39, 0.29) is 24.0 Å². The quantitative estimate of drug-likeness (QED) is 0.315. The van der Waals surface area contributed by atoms with E-state index in [1.165, 1.54) is 0 Å².